The Morgan fingerprint density at radius 1 is 1.58 bits per heavy atom. The first kappa shape index (κ1) is 11.0. The van der Waals surface area contributed by atoms with Crippen molar-refractivity contribution in [2.24, 2.45) is 5.92 Å². The van der Waals surface area contributed by atoms with Crippen molar-refractivity contribution in [2.45, 2.75) is 20.8 Å². The predicted octanol–water partition coefficient (Wildman–Crippen LogP) is 2.32. The van der Waals surface area contributed by atoms with E-state index in [1.807, 2.05) is 13.8 Å². The molecular weight excluding hydrogens is 152 g/mol. The molecule has 0 fully saturated rings. The Hall–Kier alpha value is -1.05. The lowest BCUT2D eigenvalue weighted by molar-refractivity contribution is -0.139. The first-order chi connectivity index (χ1) is 5.63. The highest BCUT2D eigenvalue weighted by Crippen LogP contribution is 2.11. The molecular formula is C10H16O2. The fraction of sp³-hybridized carbons (Fsp3) is 0.500. The highest BCUT2D eigenvalue weighted by atomic mass is 16.5. The number of ether oxygens (including phenoxy) is 1. The van der Waals surface area contributed by atoms with E-state index in [0.29, 0.717) is 12.2 Å². The van der Waals surface area contributed by atoms with Crippen molar-refractivity contribution in [1.82, 2.24) is 0 Å². The van der Waals surface area contributed by atoms with Gasteiger partial charge >= 0.3 is 5.97 Å². The topological polar surface area (TPSA) is 26.3 Å². The van der Waals surface area contributed by atoms with Crippen LogP contribution in [0, 0.1) is 5.92 Å². The van der Waals surface area contributed by atoms with E-state index in [-0.39, 0.29) is 11.9 Å². The van der Waals surface area contributed by atoms with Crippen molar-refractivity contribution in [3.63, 3.8) is 0 Å². The number of hydrogen-bond donors (Lipinski definition) is 0. The quantitative estimate of drug-likeness (QED) is 0.366. The van der Waals surface area contributed by atoms with E-state index < -0.39 is 0 Å². The lowest BCUT2D eigenvalue weighted by atomic mass is 10.0. The Balaban J connectivity index is 4.41. The maximum absolute atomic E-state index is 11.2. The van der Waals surface area contributed by atoms with E-state index >= 15 is 0 Å². The lowest BCUT2D eigenvalue weighted by Crippen LogP contribution is -2.11. The van der Waals surface area contributed by atoms with E-state index in [9.17, 15) is 4.79 Å². The van der Waals surface area contributed by atoms with Crippen molar-refractivity contribution in [3.8, 4) is 0 Å². The molecule has 0 unspecified atom stereocenters. The lowest BCUT2D eigenvalue weighted by Gasteiger charge is -2.08. The van der Waals surface area contributed by atoms with Crippen molar-refractivity contribution >= 4 is 5.97 Å². The van der Waals surface area contributed by atoms with Crippen LogP contribution in [0.4, 0.5) is 0 Å². The second-order valence-electron chi connectivity index (χ2n) is 2.73. The normalized spacial score (nSPS) is 11.5. The molecule has 0 bridgehead atoms. The minimum atomic E-state index is -0.243. The third kappa shape index (κ3) is 3.37. The van der Waals surface area contributed by atoms with Gasteiger partial charge in [-0.05, 0) is 12.8 Å². The second kappa shape index (κ2) is 5.58. The van der Waals surface area contributed by atoms with Gasteiger partial charge in [0.1, 0.15) is 0 Å². The maximum Gasteiger partial charge on any atom is 0.334 e. The molecule has 2 heteroatoms. The predicted molar refractivity (Wildman–Crippen MR) is 49.8 cm³/mol. The van der Waals surface area contributed by atoms with Gasteiger partial charge in [-0.1, -0.05) is 32.6 Å². The second-order valence-corrected chi connectivity index (χ2v) is 2.73. The van der Waals surface area contributed by atoms with Crippen LogP contribution in [0.1, 0.15) is 20.8 Å². The van der Waals surface area contributed by atoms with Gasteiger partial charge < -0.3 is 4.74 Å². The third-order valence-electron chi connectivity index (χ3n) is 1.43. The SMILES string of the molecule is C=CC=C(C(=O)OCC)C(C)C. The highest BCUT2D eigenvalue weighted by molar-refractivity contribution is 5.89. The van der Waals surface area contributed by atoms with E-state index in [1.54, 1.807) is 19.1 Å². The molecule has 0 aromatic rings. The van der Waals surface area contributed by atoms with Gasteiger partial charge in [0.2, 0.25) is 0 Å². The number of carbonyl (C=O) groups is 1. The molecule has 0 saturated heterocycles. The molecule has 2 nitrogen and oxygen atoms in total. The van der Waals surface area contributed by atoms with Crippen LogP contribution >= 0.6 is 0 Å². The highest BCUT2D eigenvalue weighted by Gasteiger charge is 2.12. The molecule has 0 aliphatic heterocycles. The summed E-state index contributed by atoms with van der Waals surface area (Å²) in [6, 6.07) is 0. The molecule has 0 saturated carbocycles. The van der Waals surface area contributed by atoms with Gasteiger partial charge in [-0.2, -0.15) is 0 Å². The molecule has 0 heterocycles. The van der Waals surface area contributed by atoms with E-state index in [4.69, 9.17) is 4.74 Å². The molecule has 0 aliphatic rings. The van der Waals surface area contributed by atoms with Gasteiger partial charge in [-0.3, -0.25) is 0 Å². The summed E-state index contributed by atoms with van der Waals surface area (Å²) in [6.45, 7) is 9.65. The van der Waals surface area contributed by atoms with Crippen molar-refractivity contribution in [1.29, 1.82) is 0 Å². The summed E-state index contributed by atoms with van der Waals surface area (Å²) in [7, 11) is 0. The number of allylic oxidation sites excluding steroid dienone is 2. The van der Waals surface area contributed by atoms with Crippen LogP contribution in [-0.4, -0.2) is 12.6 Å². The van der Waals surface area contributed by atoms with Crippen LogP contribution in [0.5, 0.6) is 0 Å². The Morgan fingerprint density at radius 3 is 2.50 bits per heavy atom. The Kier molecular flexibility index (Phi) is 5.09. The number of rotatable bonds is 4. The average Bonchev–Trinajstić information content (AvgIpc) is 1.99. The van der Waals surface area contributed by atoms with E-state index in [0.717, 1.165) is 0 Å². The molecule has 0 aromatic heterocycles. The van der Waals surface area contributed by atoms with Gasteiger partial charge in [0, 0.05) is 5.57 Å². The summed E-state index contributed by atoms with van der Waals surface area (Å²) in [4.78, 5) is 11.2. The molecule has 68 valence electrons. The zero-order chi connectivity index (χ0) is 9.56. The standard InChI is InChI=1S/C10H16O2/c1-5-7-9(8(3)4)10(11)12-6-2/h5,7-8H,1,6H2,2-4H3. The fourth-order valence-corrected chi connectivity index (χ4v) is 0.838. The molecule has 0 aliphatic carbocycles. The molecule has 0 rings (SSSR count). The average molecular weight is 168 g/mol. The zero-order valence-corrected chi connectivity index (χ0v) is 7.96. The molecule has 12 heavy (non-hydrogen) atoms. The van der Waals surface area contributed by atoms with Gasteiger partial charge in [0.15, 0.2) is 0 Å². The van der Waals surface area contributed by atoms with Gasteiger partial charge in [0.05, 0.1) is 6.61 Å². The van der Waals surface area contributed by atoms with Crippen LogP contribution in [0.2, 0.25) is 0 Å². The van der Waals surface area contributed by atoms with Crippen LogP contribution in [-0.2, 0) is 9.53 Å². The number of hydrogen-bond acceptors (Lipinski definition) is 2. The van der Waals surface area contributed by atoms with Crippen LogP contribution in [0.15, 0.2) is 24.3 Å². The molecule has 0 amide bonds. The monoisotopic (exact) mass is 168 g/mol. The summed E-state index contributed by atoms with van der Waals surface area (Å²) in [6.07, 6.45) is 3.30. The molecule has 0 radical (unpaired) electrons. The summed E-state index contributed by atoms with van der Waals surface area (Å²) < 4.78 is 4.86. The van der Waals surface area contributed by atoms with Crippen LogP contribution in [0.25, 0.3) is 0 Å². The summed E-state index contributed by atoms with van der Waals surface area (Å²) >= 11 is 0. The molecule has 0 atom stereocenters. The minimum absolute atomic E-state index is 0.182. The largest absolute Gasteiger partial charge is 0.463 e. The van der Waals surface area contributed by atoms with Gasteiger partial charge in [-0.25, -0.2) is 4.79 Å². The number of esters is 1. The number of carbonyl (C=O) groups excluding carboxylic acids is 1. The molecule has 0 aromatic carbocycles. The minimum Gasteiger partial charge on any atom is -0.463 e. The maximum atomic E-state index is 11.2. The van der Waals surface area contributed by atoms with E-state index in [1.165, 1.54) is 0 Å². The van der Waals surface area contributed by atoms with Gasteiger partial charge in [-0.15, -0.1) is 0 Å². The summed E-state index contributed by atoms with van der Waals surface area (Å²) in [5.74, 6) is -0.0607. The third-order valence-corrected chi connectivity index (χ3v) is 1.43. The molecule has 0 N–H and O–H groups in total. The van der Waals surface area contributed by atoms with E-state index in [2.05, 4.69) is 6.58 Å². The fourth-order valence-electron chi connectivity index (χ4n) is 0.838. The van der Waals surface area contributed by atoms with Crippen molar-refractivity contribution in [2.75, 3.05) is 6.61 Å². The van der Waals surface area contributed by atoms with Crippen molar-refractivity contribution in [3.05, 3.63) is 24.3 Å². The Morgan fingerprint density at radius 2 is 2.17 bits per heavy atom. The first-order valence-corrected chi connectivity index (χ1v) is 4.13. The summed E-state index contributed by atoms with van der Waals surface area (Å²) in [5.41, 5.74) is 0.673. The molecule has 0 spiro atoms. The van der Waals surface area contributed by atoms with Crippen LogP contribution < -0.4 is 0 Å². The zero-order valence-electron chi connectivity index (χ0n) is 7.96. The first-order valence-electron chi connectivity index (χ1n) is 4.13. The summed E-state index contributed by atoms with van der Waals surface area (Å²) in [5, 5.41) is 0. The van der Waals surface area contributed by atoms with Gasteiger partial charge in [0.25, 0.3) is 0 Å². The van der Waals surface area contributed by atoms with Crippen molar-refractivity contribution < 1.29 is 9.53 Å². The van der Waals surface area contributed by atoms with Crippen LogP contribution in [0.3, 0.4) is 0 Å². The smallest absolute Gasteiger partial charge is 0.334 e. The Bertz CT molecular complexity index is 190. The Labute approximate surface area is 73.9 Å².